The molecule has 1 aromatic carbocycles. The lowest BCUT2D eigenvalue weighted by Gasteiger charge is -2.18. The summed E-state index contributed by atoms with van der Waals surface area (Å²) < 4.78 is 13.8. The maximum atomic E-state index is 13.8. The molecular weight excluding hydrogens is 255 g/mol. The monoisotopic (exact) mass is 278 g/mol. The van der Waals surface area contributed by atoms with Crippen LogP contribution in [0.25, 0.3) is 0 Å². The first-order valence-corrected chi connectivity index (χ1v) is 7.55. The Labute approximate surface area is 120 Å². The number of nitrogens with one attached hydrogen (secondary N) is 2. The quantitative estimate of drug-likeness (QED) is 0.824. The maximum absolute atomic E-state index is 13.8. The van der Waals surface area contributed by atoms with Gasteiger partial charge in [-0.15, -0.1) is 0 Å². The molecule has 0 unspecified atom stereocenters. The number of halogens is 1. The molecule has 0 bridgehead atoms. The average molecular weight is 278 g/mol. The van der Waals surface area contributed by atoms with Gasteiger partial charge >= 0.3 is 0 Å². The van der Waals surface area contributed by atoms with E-state index in [0.717, 1.165) is 25.7 Å². The van der Waals surface area contributed by atoms with Crippen LogP contribution in [-0.2, 0) is 0 Å². The van der Waals surface area contributed by atoms with E-state index in [0.29, 0.717) is 17.8 Å². The Hall–Kier alpha value is -1.58. The zero-order valence-electron chi connectivity index (χ0n) is 12.0. The van der Waals surface area contributed by atoms with Crippen LogP contribution in [0.4, 0.5) is 10.1 Å². The van der Waals surface area contributed by atoms with Crippen LogP contribution in [0.1, 0.15) is 55.8 Å². The second-order valence-corrected chi connectivity index (χ2v) is 5.35. The lowest BCUT2D eigenvalue weighted by molar-refractivity contribution is 0.0934. The fourth-order valence-corrected chi connectivity index (χ4v) is 2.76. The summed E-state index contributed by atoms with van der Waals surface area (Å²) in [7, 11) is 0. The summed E-state index contributed by atoms with van der Waals surface area (Å²) in [4.78, 5) is 12.4. The highest BCUT2D eigenvalue weighted by molar-refractivity contribution is 5.99. The van der Waals surface area contributed by atoms with Gasteiger partial charge in [0.1, 0.15) is 5.82 Å². The summed E-state index contributed by atoms with van der Waals surface area (Å²) in [6, 6.07) is 4.86. The van der Waals surface area contributed by atoms with Crippen LogP contribution in [0.3, 0.4) is 0 Å². The summed E-state index contributed by atoms with van der Waals surface area (Å²) in [5, 5.41) is 5.99. The van der Waals surface area contributed by atoms with E-state index in [9.17, 15) is 9.18 Å². The van der Waals surface area contributed by atoms with Gasteiger partial charge in [-0.3, -0.25) is 4.79 Å². The Balaban J connectivity index is 2.10. The predicted octanol–water partition coefficient (Wildman–Crippen LogP) is 3.71. The first-order chi connectivity index (χ1) is 9.72. The van der Waals surface area contributed by atoms with Crippen molar-refractivity contribution in [2.45, 2.75) is 51.5 Å². The van der Waals surface area contributed by atoms with Crippen LogP contribution < -0.4 is 10.6 Å². The highest BCUT2D eigenvalue weighted by Crippen LogP contribution is 2.21. The second-order valence-electron chi connectivity index (χ2n) is 5.35. The number of rotatable bonds is 4. The molecule has 2 N–H and O–H groups in total. The number of carbonyl (C=O) groups is 1. The number of benzene rings is 1. The molecule has 1 amide bonds. The first kappa shape index (κ1) is 14.8. The Morgan fingerprint density at radius 3 is 2.60 bits per heavy atom. The molecule has 0 aromatic heterocycles. The van der Waals surface area contributed by atoms with Gasteiger partial charge in [0, 0.05) is 12.6 Å². The SMILES string of the molecule is CCNc1c(F)cccc1C(=O)NC1CCCCCC1. The third-order valence-electron chi connectivity index (χ3n) is 3.80. The fraction of sp³-hybridized carbons (Fsp3) is 0.562. The molecule has 3 nitrogen and oxygen atoms in total. The van der Waals surface area contributed by atoms with Gasteiger partial charge in [-0.1, -0.05) is 31.7 Å². The summed E-state index contributed by atoms with van der Waals surface area (Å²) in [5.74, 6) is -0.548. The Morgan fingerprint density at radius 1 is 1.25 bits per heavy atom. The van der Waals surface area contributed by atoms with Gasteiger partial charge in [0.25, 0.3) is 5.91 Å². The van der Waals surface area contributed by atoms with Gasteiger partial charge in [0.2, 0.25) is 0 Å². The zero-order valence-corrected chi connectivity index (χ0v) is 12.0. The molecule has 0 heterocycles. The van der Waals surface area contributed by atoms with Crippen molar-refractivity contribution in [2.24, 2.45) is 0 Å². The van der Waals surface area contributed by atoms with E-state index in [1.165, 1.54) is 18.9 Å². The van der Waals surface area contributed by atoms with E-state index in [-0.39, 0.29) is 17.8 Å². The molecule has 1 aromatic rings. The fourth-order valence-electron chi connectivity index (χ4n) is 2.76. The van der Waals surface area contributed by atoms with Gasteiger partial charge in [-0.25, -0.2) is 4.39 Å². The number of anilines is 1. The zero-order chi connectivity index (χ0) is 14.4. The van der Waals surface area contributed by atoms with E-state index in [4.69, 9.17) is 0 Å². The van der Waals surface area contributed by atoms with Gasteiger partial charge < -0.3 is 10.6 Å². The number of carbonyl (C=O) groups excluding carboxylic acids is 1. The molecule has 1 fully saturated rings. The molecule has 4 heteroatoms. The van der Waals surface area contributed by atoms with Crippen LogP contribution >= 0.6 is 0 Å². The van der Waals surface area contributed by atoms with Crippen LogP contribution in [0, 0.1) is 5.82 Å². The van der Waals surface area contributed by atoms with Crippen molar-refractivity contribution in [1.82, 2.24) is 5.32 Å². The summed E-state index contributed by atoms with van der Waals surface area (Å²) in [6.07, 6.45) is 6.86. The predicted molar refractivity (Wildman–Crippen MR) is 79.5 cm³/mol. The van der Waals surface area contributed by atoms with Crippen LogP contribution in [-0.4, -0.2) is 18.5 Å². The largest absolute Gasteiger partial charge is 0.382 e. The third-order valence-corrected chi connectivity index (χ3v) is 3.80. The van der Waals surface area contributed by atoms with Gasteiger partial charge in [0.05, 0.1) is 11.3 Å². The lowest BCUT2D eigenvalue weighted by Crippen LogP contribution is -2.34. The van der Waals surface area contributed by atoms with E-state index in [2.05, 4.69) is 10.6 Å². The molecule has 20 heavy (non-hydrogen) atoms. The van der Waals surface area contributed by atoms with Gasteiger partial charge in [-0.05, 0) is 31.9 Å². The first-order valence-electron chi connectivity index (χ1n) is 7.55. The van der Waals surface area contributed by atoms with E-state index in [1.807, 2.05) is 6.92 Å². The van der Waals surface area contributed by atoms with Gasteiger partial charge in [-0.2, -0.15) is 0 Å². The topological polar surface area (TPSA) is 41.1 Å². The molecule has 1 saturated carbocycles. The van der Waals surface area contributed by atoms with Crippen LogP contribution in [0.15, 0.2) is 18.2 Å². The number of para-hydroxylation sites is 1. The van der Waals surface area contributed by atoms with Gasteiger partial charge in [0.15, 0.2) is 0 Å². The van der Waals surface area contributed by atoms with Crippen molar-refractivity contribution < 1.29 is 9.18 Å². The lowest BCUT2D eigenvalue weighted by atomic mass is 10.1. The molecule has 0 atom stereocenters. The van der Waals surface area contributed by atoms with Crippen molar-refractivity contribution in [1.29, 1.82) is 0 Å². The minimum atomic E-state index is -0.375. The minimum Gasteiger partial charge on any atom is -0.382 e. The molecule has 0 spiro atoms. The molecule has 110 valence electrons. The summed E-state index contributed by atoms with van der Waals surface area (Å²) in [6.45, 7) is 2.48. The highest BCUT2D eigenvalue weighted by atomic mass is 19.1. The van der Waals surface area contributed by atoms with E-state index < -0.39 is 0 Å². The molecular formula is C16H23FN2O. The van der Waals surface area contributed by atoms with Crippen molar-refractivity contribution in [2.75, 3.05) is 11.9 Å². The molecule has 1 aliphatic carbocycles. The van der Waals surface area contributed by atoms with Crippen LogP contribution in [0.2, 0.25) is 0 Å². The Bertz CT molecular complexity index is 454. The highest BCUT2D eigenvalue weighted by Gasteiger charge is 2.19. The number of amides is 1. The molecule has 0 aliphatic heterocycles. The molecule has 0 saturated heterocycles. The maximum Gasteiger partial charge on any atom is 0.253 e. The average Bonchev–Trinajstić information content (AvgIpc) is 2.70. The van der Waals surface area contributed by atoms with E-state index in [1.54, 1.807) is 12.1 Å². The molecule has 0 radical (unpaired) electrons. The molecule has 2 rings (SSSR count). The second kappa shape index (κ2) is 7.27. The smallest absolute Gasteiger partial charge is 0.253 e. The summed E-state index contributed by atoms with van der Waals surface area (Å²) >= 11 is 0. The standard InChI is InChI=1S/C16H23FN2O/c1-2-18-15-13(10-7-11-14(15)17)16(20)19-12-8-5-3-4-6-9-12/h7,10-12,18H,2-6,8-9H2,1H3,(H,19,20). The van der Waals surface area contributed by atoms with Crippen molar-refractivity contribution in [3.8, 4) is 0 Å². The van der Waals surface area contributed by atoms with Crippen molar-refractivity contribution in [3.63, 3.8) is 0 Å². The van der Waals surface area contributed by atoms with Crippen LogP contribution in [0.5, 0.6) is 0 Å². The Kier molecular flexibility index (Phi) is 5.39. The van der Waals surface area contributed by atoms with Crippen molar-refractivity contribution >= 4 is 11.6 Å². The van der Waals surface area contributed by atoms with Crippen molar-refractivity contribution in [3.05, 3.63) is 29.6 Å². The van der Waals surface area contributed by atoms with E-state index >= 15 is 0 Å². The normalized spacial score (nSPS) is 16.5. The minimum absolute atomic E-state index is 0.174. The third kappa shape index (κ3) is 3.71. The Morgan fingerprint density at radius 2 is 1.95 bits per heavy atom. The number of hydrogen-bond donors (Lipinski definition) is 2. The molecule has 1 aliphatic rings. The summed E-state index contributed by atoms with van der Waals surface area (Å²) in [5.41, 5.74) is 0.706. The number of hydrogen-bond acceptors (Lipinski definition) is 2.